The molecule has 3 heteroatoms. The molecule has 0 saturated heterocycles. The quantitative estimate of drug-likeness (QED) is 0.141. The van der Waals surface area contributed by atoms with E-state index in [1.165, 1.54) is 54.1 Å². The van der Waals surface area contributed by atoms with E-state index in [1.807, 2.05) is 0 Å². The van der Waals surface area contributed by atoms with Crippen LogP contribution < -0.4 is 15.6 Å². The first kappa shape index (κ1) is 28.3. The van der Waals surface area contributed by atoms with Crippen molar-refractivity contribution in [2.24, 2.45) is 5.92 Å². The molecule has 2 nitrogen and oxygen atoms in total. The molecule has 1 aromatic heterocycles. The number of rotatable bonds is 6. The Kier molecular flexibility index (Phi) is 7.37. The summed E-state index contributed by atoms with van der Waals surface area (Å²) in [5.41, 5.74) is 7.66. The molecule has 0 radical (unpaired) electrons. The van der Waals surface area contributed by atoms with Crippen LogP contribution in [0, 0.1) is 17.2 Å². The molecular weight excluding hydrogens is 573 g/mol. The molecule has 222 valence electrons. The highest BCUT2D eigenvalue weighted by molar-refractivity contribution is 7.17. The van der Waals surface area contributed by atoms with Crippen LogP contribution in [0.2, 0.25) is 0 Å². The van der Waals surface area contributed by atoms with Gasteiger partial charge in [0.15, 0.2) is 8.07 Å². The highest BCUT2D eigenvalue weighted by Gasteiger charge is 2.45. The summed E-state index contributed by atoms with van der Waals surface area (Å²) in [4.78, 5) is 0. The lowest BCUT2D eigenvalue weighted by atomic mass is 9.93. The molecule has 0 aliphatic heterocycles. The first-order valence-corrected chi connectivity index (χ1v) is 18.5. The maximum atomic E-state index is 10.1. The van der Waals surface area contributed by atoms with Gasteiger partial charge in [-0.2, -0.15) is 5.26 Å². The van der Waals surface area contributed by atoms with Crippen molar-refractivity contribution in [1.82, 2.24) is 4.57 Å². The van der Waals surface area contributed by atoms with Crippen molar-refractivity contribution < 1.29 is 0 Å². The second-order valence-corrected chi connectivity index (χ2v) is 16.3. The Labute approximate surface area is 272 Å². The molecule has 0 spiro atoms. The second kappa shape index (κ2) is 12.0. The van der Waals surface area contributed by atoms with Gasteiger partial charge in [-0.05, 0) is 93.8 Å². The van der Waals surface area contributed by atoms with Crippen LogP contribution in [-0.2, 0) is 6.42 Å². The monoisotopic (exact) mass is 608 g/mol. The van der Waals surface area contributed by atoms with Gasteiger partial charge in [0.1, 0.15) is 0 Å². The number of fused-ring (bicyclic) bond motifs is 3. The van der Waals surface area contributed by atoms with E-state index in [2.05, 4.69) is 162 Å². The van der Waals surface area contributed by atoms with Crippen LogP contribution in [0.4, 0.5) is 0 Å². The van der Waals surface area contributed by atoms with Gasteiger partial charge in [0.2, 0.25) is 0 Å². The fraction of sp³-hybridized carbons (Fsp3) is 0.140. The van der Waals surface area contributed by atoms with Crippen molar-refractivity contribution >= 4 is 40.6 Å². The predicted octanol–water partition coefficient (Wildman–Crippen LogP) is 8.27. The van der Waals surface area contributed by atoms with Crippen LogP contribution in [-0.4, -0.2) is 12.6 Å². The molecule has 8 rings (SSSR count). The van der Waals surface area contributed by atoms with Gasteiger partial charge in [-0.25, -0.2) is 0 Å². The SMILES string of the molecule is N#CC1C=Cc2c(c3c([Si](C4=CCCC(C5=CCCC=C5)=C4)(c4ccccc4)c4ccccc4)cccc3n2-c2ccccc2)C1. The molecule has 0 saturated carbocycles. The summed E-state index contributed by atoms with van der Waals surface area (Å²) >= 11 is 0. The van der Waals surface area contributed by atoms with Gasteiger partial charge in [0.05, 0.1) is 17.5 Å². The fourth-order valence-electron chi connectivity index (χ4n) is 7.96. The summed E-state index contributed by atoms with van der Waals surface area (Å²) in [5, 5.41) is 17.1. The zero-order valence-electron chi connectivity index (χ0n) is 25.9. The first-order valence-electron chi connectivity index (χ1n) is 16.5. The lowest BCUT2D eigenvalue weighted by Gasteiger charge is -2.37. The molecule has 1 heterocycles. The van der Waals surface area contributed by atoms with Gasteiger partial charge in [0.25, 0.3) is 0 Å². The minimum absolute atomic E-state index is 0.148. The lowest BCUT2D eigenvalue weighted by molar-refractivity contribution is 0.809. The first-order chi connectivity index (χ1) is 22.8. The van der Waals surface area contributed by atoms with Crippen LogP contribution in [0.25, 0.3) is 22.7 Å². The summed E-state index contributed by atoms with van der Waals surface area (Å²) in [6.07, 6.45) is 21.5. The van der Waals surface area contributed by atoms with Gasteiger partial charge >= 0.3 is 0 Å². The fourth-order valence-corrected chi connectivity index (χ4v) is 13.1. The van der Waals surface area contributed by atoms with E-state index >= 15 is 0 Å². The molecule has 1 unspecified atom stereocenters. The Morgan fingerprint density at radius 3 is 2.11 bits per heavy atom. The van der Waals surface area contributed by atoms with Crippen LogP contribution in [0.15, 0.2) is 162 Å². The van der Waals surface area contributed by atoms with Crippen molar-refractivity contribution in [3.8, 4) is 11.8 Å². The van der Waals surface area contributed by atoms with Crippen LogP contribution in [0.1, 0.15) is 36.9 Å². The van der Waals surface area contributed by atoms with E-state index in [9.17, 15) is 5.26 Å². The molecular formula is C43H36N2Si. The molecule has 0 fully saturated rings. The Morgan fingerprint density at radius 1 is 0.717 bits per heavy atom. The van der Waals surface area contributed by atoms with Gasteiger partial charge < -0.3 is 4.57 Å². The largest absolute Gasteiger partial charge is 0.310 e. The molecule has 0 amide bonds. The van der Waals surface area contributed by atoms with Gasteiger partial charge in [-0.1, -0.05) is 127 Å². The molecule has 3 aliphatic carbocycles. The van der Waals surface area contributed by atoms with Crippen molar-refractivity contribution in [3.05, 3.63) is 173 Å². The van der Waals surface area contributed by atoms with Crippen LogP contribution in [0.3, 0.4) is 0 Å². The molecule has 1 atom stereocenters. The van der Waals surface area contributed by atoms with E-state index in [-0.39, 0.29) is 5.92 Å². The second-order valence-electron chi connectivity index (χ2n) is 12.5. The van der Waals surface area contributed by atoms with Crippen LogP contribution in [0.5, 0.6) is 0 Å². The third-order valence-corrected chi connectivity index (χ3v) is 14.8. The maximum absolute atomic E-state index is 10.1. The number of aromatic nitrogens is 1. The van der Waals surface area contributed by atoms with Crippen molar-refractivity contribution in [1.29, 1.82) is 5.26 Å². The predicted molar refractivity (Wildman–Crippen MR) is 195 cm³/mol. The Hall–Kier alpha value is -5.17. The number of allylic oxidation sites excluding steroid dienone is 9. The molecule has 4 aromatic carbocycles. The number of hydrogen-bond donors (Lipinski definition) is 0. The van der Waals surface area contributed by atoms with E-state index < -0.39 is 8.07 Å². The van der Waals surface area contributed by atoms with Gasteiger partial charge in [0, 0.05) is 16.8 Å². The third kappa shape index (κ3) is 4.61. The summed E-state index contributed by atoms with van der Waals surface area (Å²) in [5.74, 6) is -0.148. The zero-order valence-corrected chi connectivity index (χ0v) is 26.9. The Morgan fingerprint density at radius 2 is 1.43 bits per heavy atom. The lowest BCUT2D eigenvalue weighted by Crippen LogP contribution is -2.68. The molecule has 5 aromatic rings. The van der Waals surface area contributed by atoms with E-state index in [0.29, 0.717) is 6.42 Å². The van der Waals surface area contributed by atoms with Gasteiger partial charge in [-0.3, -0.25) is 0 Å². The van der Waals surface area contributed by atoms with Crippen molar-refractivity contribution in [2.75, 3.05) is 0 Å². The summed E-state index contributed by atoms with van der Waals surface area (Å²) in [6.45, 7) is 0. The number of nitrogens with zero attached hydrogens (tertiary/aromatic N) is 2. The molecule has 0 bridgehead atoms. The average Bonchev–Trinajstić information content (AvgIpc) is 3.48. The highest BCUT2D eigenvalue weighted by Crippen LogP contribution is 2.38. The van der Waals surface area contributed by atoms with E-state index in [4.69, 9.17) is 0 Å². The average molecular weight is 609 g/mol. The number of nitriles is 1. The highest BCUT2D eigenvalue weighted by atomic mass is 28.3. The van der Waals surface area contributed by atoms with Crippen molar-refractivity contribution in [3.63, 3.8) is 0 Å². The Balaban J connectivity index is 1.51. The summed E-state index contributed by atoms with van der Waals surface area (Å²) in [7, 11) is -2.86. The zero-order chi connectivity index (χ0) is 30.9. The minimum atomic E-state index is -2.86. The van der Waals surface area contributed by atoms with Crippen LogP contribution >= 0.6 is 0 Å². The smallest absolute Gasteiger partial charge is 0.180 e. The molecule has 46 heavy (non-hydrogen) atoms. The minimum Gasteiger partial charge on any atom is -0.310 e. The number of para-hydroxylation sites is 1. The molecule has 3 aliphatic rings. The summed E-state index contributed by atoms with van der Waals surface area (Å²) < 4.78 is 2.42. The molecule has 0 N–H and O–H groups in total. The van der Waals surface area contributed by atoms with E-state index in [0.717, 1.165) is 31.4 Å². The Bertz CT molecular complexity index is 2080. The number of benzene rings is 4. The third-order valence-electron chi connectivity index (χ3n) is 9.95. The summed E-state index contributed by atoms with van der Waals surface area (Å²) in [6, 6.07) is 42.8. The number of hydrogen-bond acceptors (Lipinski definition) is 1. The van der Waals surface area contributed by atoms with Crippen molar-refractivity contribution in [2.45, 2.75) is 32.1 Å². The normalized spacial score (nSPS) is 17.5. The standard InChI is InChI=1S/C43H36N2Si/c44-31-32-27-28-40-39(29-32)43-41(45(40)35-18-7-2-8-19-35)25-14-26-42(43)46(36-20-9-3-10-21-36,37-22-11-4-12-23-37)38-24-13-17-34(30-38)33-15-5-1-6-16-33/h2-5,7-12,14-16,18-28,30,32H,1,6,13,17,29H2. The van der Waals surface area contributed by atoms with Gasteiger partial charge in [-0.15, -0.1) is 0 Å². The topological polar surface area (TPSA) is 28.7 Å². The van der Waals surface area contributed by atoms with E-state index in [1.54, 1.807) is 0 Å². The maximum Gasteiger partial charge on any atom is 0.180 e.